The summed E-state index contributed by atoms with van der Waals surface area (Å²) in [5, 5.41) is 3.02. The molecule has 0 aliphatic rings. The number of carbonyl (C=O) groups excluding carboxylic acids is 1. The molecule has 1 N–H and O–H groups in total. The molecule has 0 unspecified atom stereocenters. The van der Waals surface area contributed by atoms with Crippen molar-refractivity contribution in [3.8, 4) is 11.6 Å². The highest BCUT2D eigenvalue weighted by Gasteiger charge is 2.04. The summed E-state index contributed by atoms with van der Waals surface area (Å²) in [6.07, 6.45) is 1.60. The summed E-state index contributed by atoms with van der Waals surface area (Å²) in [5.41, 5.74) is 0. The number of ether oxygens (including phenoxy) is 2. The van der Waals surface area contributed by atoms with Gasteiger partial charge in [-0.1, -0.05) is 0 Å². The Labute approximate surface area is 101 Å². The molecule has 1 heterocycles. The van der Waals surface area contributed by atoms with Gasteiger partial charge in [-0.25, -0.2) is 4.98 Å². The Morgan fingerprint density at radius 3 is 2.82 bits per heavy atom. The van der Waals surface area contributed by atoms with Crippen molar-refractivity contribution >= 4 is 5.78 Å². The molecule has 17 heavy (non-hydrogen) atoms. The average Bonchev–Trinajstić information content (AvgIpc) is 2.28. The maximum Gasteiger partial charge on any atom is 0.213 e. The van der Waals surface area contributed by atoms with Gasteiger partial charge in [-0.15, -0.1) is 0 Å². The molecule has 5 nitrogen and oxygen atoms in total. The molecule has 0 aromatic carbocycles. The van der Waals surface area contributed by atoms with Gasteiger partial charge in [0, 0.05) is 12.6 Å². The van der Waals surface area contributed by atoms with E-state index in [1.807, 2.05) is 14.0 Å². The van der Waals surface area contributed by atoms with Crippen molar-refractivity contribution in [3.63, 3.8) is 0 Å². The molecule has 94 valence electrons. The van der Waals surface area contributed by atoms with Crippen LogP contribution in [0.4, 0.5) is 0 Å². The van der Waals surface area contributed by atoms with Crippen LogP contribution >= 0.6 is 0 Å². The van der Waals surface area contributed by atoms with Crippen LogP contribution in [-0.2, 0) is 4.79 Å². The number of Topliss-reactive ketones (excluding diaryl/α,β-unsaturated/α-hetero) is 1. The Bertz CT molecular complexity index is 351. The SMILES string of the molecule is CNC[C@@H](C)Oc1ccc(OCC(C)=O)cn1. The van der Waals surface area contributed by atoms with Crippen molar-refractivity contribution in [2.24, 2.45) is 0 Å². The van der Waals surface area contributed by atoms with E-state index >= 15 is 0 Å². The molecular weight excluding hydrogens is 220 g/mol. The second-order valence-corrected chi connectivity index (χ2v) is 3.81. The maximum atomic E-state index is 10.7. The van der Waals surface area contributed by atoms with Gasteiger partial charge in [0.2, 0.25) is 5.88 Å². The Morgan fingerprint density at radius 1 is 1.53 bits per heavy atom. The molecule has 0 spiro atoms. The van der Waals surface area contributed by atoms with Crippen molar-refractivity contribution in [1.82, 2.24) is 10.3 Å². The van der Waals surface area contributed by atoms with E-state index in [2.05, 4.69) is 10.3 Å². The van der Waals surface area contributed by atoms with Gasteiger partial charge >= 0.3 is 0 Å². The lowest BCUT2D eigenvalue weighted by molar-refractivity contribution is -0.118. The molecule has 1 rings (SSSR count). The summed E-state index contributed by atoms with van der Waals surface area (Å²) >= 11 is 0. The molecule has 0 amide bonds. The fraction of sp³-hybridized carbons (Fsp3) is 0.500. The minimum absolute atomic E-state index is 0.0204. The summed E-state index contributed by atoms with van der Waals surface area (Å²) in [6.45, 7) is 4.25. The van der Waals surface area contributed by atoms with Crippen LogP contribution in [0.1, 0.15) is 13.8 Å². The van der Waals surface area contributed by atoms with Gasteiger partial charge in [0.05, 0.1) is 6.20 Å². The molecule has 0 saturated heterocycles. The number of nitrogens with zero attached hydrogens (tertiary/aromatic N) is 1. The molecule has 5 heteroatoms. The van der Waals surface area contributed by atoms with E-state index < -0.39 is 0 Å². The number of carbonyl (C=O) groups is 1. The smallest absolute Gasteiger partial charge is 0.213 e. The fourth-order valence-corrected chi connectivity index (χ4v) is 1.24. The van der Waals surface area contributed by atoms with Crippen molar-refractivity contribution in [3.05, 3.63) is 18.3 Å². The van der Waals surface area contributed by atoms with Crippen LogP contribution in [0.3, 0.4) is 0 Å². The Hall–Kier alpha value is -1.62. The van der Waals surface area contributed by atoms with Gasteiger partial charge in [0.1, 0.15) is 18.5 Å². The largest absolute Gasteiger partial charge is 0.484 e. The van der Waals surface area contributed by atoms with E-state index in [1.54, 1.807) is 18.3 Å². The third-order valence-electron chi connectivity index (χ3n) is 1.96. The monoisotopic (exact) mass is 238 g/mol. The Balaban J connectivity index is 2.47. The number of aromatic nitrogens is 1. The van der Waals surface area contributed by atoms with E-state index in [1.165, 1.54) is 6.92 Å². The quantitative estimate of drug-likeness (QED) is 0.769. The first-order valence-electron chi connectivity index (χ1n) is 5.51. The zero-order valence-electron chi connectivity index (χ0n) is 10.4. The topological polar surface area (TPSA) is 60.5 Å². The summed E-state index contributed by atoms with van der Waals surface area (Å²) in [4.78, 5) is 14.8. The predicted molar refractivity (Wildman–Crippen MR) is 64.4 cm³/mol. The van der Waals surface area contributed by atoms with Crippen molar-refractivity contribution in [1.29, 1.82) is 0 Å². The van der Waals surface area contributed by atoms with Crippen LogP contribution < -0.4 is 14.8 Å². The number of pyridine rings is 1. The van der Waals surface area contributed by atoms with Crippen LogP contribution in [0, 0.1) is 0 Å². The van der Waals surface area contributed by atoms with Crippen molar-refractivity contribution in [2.75, 3.05) is 20.2 Å². The number of ketones is 1. The van der Waals surface area contributed by atoms with Crippen LogP contribution in [0.2, 0.25) is 0 Å². The van der Waals surface area contributed by atoms with E-state index in [9.17, 15) is 4.79 Å². The first-order chi connectivity index (χ1) is 8.11. The summed E-state index contributed by atoms with van der Waals surface area (Å²) in [7, 11) is 1.87. The highest BCUT2D eigenvalue weighted by Crippen LogP contribution is 2.14. The number of hydrogen-bond donors (Lipinski definition) is 1. The summed E-state index contributed by atoms with van der Waals surface area (Å²) in [5.74, 6) is 1.09. The predicted octanol–water partition coefficient (Wildman–Crippen LogP) is 1.04. The minimum Gasteiger partial charge on any atom is -0.484 e. The number of nitrogens with one attached hydrogen (secondary N) is 1. The van der Waals surface area contributed by atoms with Gasteiger partial charge in [0.15, 0.2) is 5.78 Å². The number of likely N-dealkylation sites (N-methyl/N-ethyl adjacent to an activating group) is 1. The fourth-order valence-electron chi connectivity index (χ4n) is 1.24. The van der Waals surface area contributed by atoms with Gasteiger partial charge in [-0.2, -0.15) is 0 Å². The molecule has 0 saturated carbocycles. The highest BCUT2D eigenvalue weighted by molar-refractivity contribution is 5.77. The molecule has 0 aliphatic heterocycles. The number of rotatable bonds is 7. The molecule has 1 atom stereocenters. The third kappa shape index (κ3) is 5.31. The Kier molecular flexibility index (Phi) is 5.42. The standard InChI is InChI=1S/C12H18N2O3/c1-9(15)8-16-11-4-5-12(14-7-11)17-10(2)6-13-3/h4-5,7,10,13H,6,8H2,1-3H3/t10-/m1/s1. The summed E-state index contributed by atoms with van der Waals surface area (Å²) < 4.78 is 10.7. The molecular formula is C12H18N2O3. The lowest BCUT2D eigenvalue weighted by atomic mass is 10.4. The third-order valence-corrected chi connectivity index (χ3v) is 1.96. The molecule has 1 aromatic heterocycles. The minimum atomic E-state index is -0.0204. The van der Waals surface area contributed by atoms with Gasteiger partial charge in [-0.3, -0.25) is 4.79 Å². The highest BCUT2D eigenvalue weighted by atomic mass is 16.5. The van der Waals surface area contributed by atoms with Gasteiger partial charge < -0.3 is 14.8 Å². The van der Waals surface area contributed by atoms with Crippen LogP contribution in [0.25, 0.3) is 0 Å². The first kappa shape index (κ1) is 13.4. The zero-order valence-corrected chi connectivity index (χ0v) is 10.4. The summed E-state index contributed by atoms with van der Waals surface area (Å²) in [6, 6.07) is 3.46. The van der Waals surface area contributed by atoms with Crippen LogP contribution in [-0.4, -0.2) is 37.1 Å². The zero-order chi connectivity index (χ0) is 12.7. The maximum absolute atomic E-state index is 10.7. The Morgan fingerprint density at radius 2 is 2.29 bits per heavy atom. The van der Waals surface area contributed by atoms with Crippen molar-refractivity contribution in [2.45, 2.75) is 20.0 Å². The molecule has 0 fully saturated rings. The van der Waals surface area contributed by atoms with E-state index in [4.69, 9.17) is 9.47 Å². The second-order valence-electron chi connectivity index (χ2n) is 3.81. The van der Waals surface area contributed by atoms with Crippen LogP contribution in [0.5, 0.6) is 11.6 Å². The average molecular weight is 238 g/mol. The molecule has 1 aromatic rings. The molecule has 0 aliphatic carbocycles. The van der Waals surface area contributed by atoms with Gasteiger partial charge in [-0.05, 0) is 27.0 Å². The molecule has 0 bridgehead atoms. The first-order valence-corrected chi connectivity index (χ1v) is 5.51. The van der Waals surface area contributed by atoms with Gasteiger partial charge in [0.25, 0.3) is 0 Å². The van der Waals surface area contributed by atoms with Crippen LogP contribution in [0.15, 0.2) is 18.3 Å². The lowest BCUT2D eigenvalue weighted by Crippen LogP contribution is -2.26. The normalized spacial score (nSPS) is 11.9. The van der Waals surface area contributed by atoms with Crippen molar-refractivity contribution < 1.29 is 14.3 Å². The lowest BCUT2D eigenvalue weighted by Gasteiger charge is -2.13. The second kappa shape index (κ2) is 6.85. The van der Waals surface area contributed by atoms with E-state index in [0.717, 1.165) is 6.54 Å². The number of hydrogen-bond acceptors (Lipinski definition) is 5. The van der Waals surface area contributed by atoms with E-state index in [-0.39, 0.29) is 18.5 Å². The van der Waals surface area contributed by atoms with E-state index in [0.29, 0.717) is 11.6 Å². The molecule has 0 radical (unpaired) electrons.